The second-order valence-corrected chi connectivity index (χ2v) is 5.44. The monoisotopic (exact) mass is 296 g/mol. The Labute approximate surface area is 127 Å². The Morgan fingerprint density at radius 3 is 2.40 bits per heavy atom. The van der Waals surface area contributed by atoms with Gasteiger partial charge in [-0.1, -0.05) is 44.2 Å². The molecule has 2 atom stereocenters. The lowest BCUT2D eigenvalue weighted by Crippen LogP contribution is -2.36. The maximum Gasteiger partial charge on any atom is 0.225 e. The number of benzene rings is 1. The van der Waals surface area contributed by atoms with Crippen LogP contribution in [0.15, 0.2) is 30.3 Å². The third kappa shape index (κ3) is 3.53. The normalized spacial score (nSPS) is 21.9. The lowest BCUT2D eigenvalue weighted by Gasteiger charge is -2.21. The highest BCUT2D eigenvalue weighted by Gasteiger charge is 2.35. The van der Waals surface area contributed by atoms with E-state index < -0.39 is 0 Å². The summed E-state index contributed by atoms with van der Waals surface area (Å²) in [6.07, 6.45) is 1.83. The molecule has 1 aliphatic heterocycles. The largest absolute Gasteiger partial charge is 0.340 e. The molecule has 2 rings (SSSR count). The Kier molecular flexibility index (Phi) is 6.50. The number of nitrogens with two attached hydrogens (primary N) is 1. The van der Waals surface area contributed by atoms with Gasteiger partial charge in [0.15, 0.2) is 0 Å². The third-order valence-electron chi connectivity index (χ3n) is 4.24. The molecular formula is C16H25ClN2O. The van der Waals surface area contributed by atoms with E-state index in [1.54, 1.807) is 0 Å². The van der Waals surface area contributed by atoms with Crippen molar-refractivity contribution in [1.82, 2.24) is 4.90 Å². The Balaban J connectivity index is 0.00000200. The van der Waals surface area contributed by atoms with Gasteiger partial charge in [0.05, 0.1) is 0 Å². The highest BCUT2D eigenvalue weighted by atomic mass is 35.5. The van der Waals surface area contributed by atoms with Crippen molar-refractivity contribution in [1.29, 1.82) is 0 Å². The number of rotatable bonds is 4. The van der Waals surface area contributed by atoms with Crippen molar-refractivity contribution in [2.24, 2.45) is 11.7 Å². The van der Waals surface area contributed by atoms with Gasteiger partial charge in [0.1, 0.15) is 0 Å². The fourth-order valence-electron chi connectivity index (χ4n) is 2.96. The topological polar surface area (TPSA) is 46.3 Å². The number of nitrogens with zero attached hydrogens (tertiary/aromatic N) is 1. The maximum absolute atomic E-state index is 12.4. The molecule has 1 fully saturated rings. The number of hydrogen-bond donors (Lipinski definition) is 1. The third-order valence-corrected chi connectivity index (χ3v) is 4.24. The summed E-state index contributed by atoms with van der Waals surface area (Å²) in [7, 11) is 0. The molecule has 1 amide bonds. The molecule has 1 saturated heterocycles. The van der Waals surface area contributed by atoms with Gasteiger partial charge < -0.3 is 10.6 Å². The van der Waals surface area contributed by atoms with Crippen LogP contribution in [0.25, 0.3) is 0 Å². The van der Waals surface area contributed by atoms with Gasteiger partial charge in [-0.2, -0.15) is 0 Å². The number of likely N-dealkylation sites (tertiary alicyclic amines) is 1. The van der Waals surface area contributed by atoms with Gasteiger partial charge in [-0.05, 0) is 18.4 Å². The molecule has 0 spiro atoms. The van der Waals surface area contributed by atoms with Crippen LogP contribution in [-0.2, 0) is 4.79 Å². The summed E-state index contributed by atoms with van der Waals surface area (Å²) in [4.78, 5) is 14.4. The van der Waals surface area contributed by atoms with Crippen LogP contribution in [-0.4, -0.2) is 29.9 Å². The van der Waals surface area contributed by atoms with E-state index in [-0.39, 0.29) is 36.2 Å². The van der Waals surface area contributed by atoms with E-state index in [2.05, 4.69) is 26.0 Å². The molecule has 1 aromatic carbocycles. The van der Waals surface area contributed by atoms with Crippen LogP contribution in [0.2, 0.25) is 0 Å². The van der Waals surface area contributed by atoms with Crippen molar-refractivity contribution in [3.8, 4) is 0 Å². The minimum atomic E-state index is 0. The molecule has 1 aromatic rings. The molecule has 0 bridgehead atoms. The number of carbonyl (C=O) groups is 1. The van der Waals surface area contributed by atoms with Crippen molar-refractivity contribution >= 4 is 18.3 Å². The molecule has 0 unspecified atom stereocenters. The highest BCUT2D eigenvalue weighted by molar-refractivity contribution is 5.85. The Morgan fingerprint density at radius 1 is 1.25 bits per heavy atom. The summed E-state index contributed by atoms with van der Waals surface area (Å²) >= 11 is 0. The van der Waals surface area contributed by atoms with Crippen LogP contribution in [0.4, 0.5) is 0 Å². The van der Waals surface area contributed by atoms with Crippen molar-refractivity contribution in [2.45, 2.75) is 38.6 Å². The summed E-state index contributed by atoms with van der Waals surface area (Å²) in [6, 6.07) is 10.4. The van der Waals surface area contributed by atoms with E-state index in [0.717, 1.165) is 19.4 Å². The summed E-state index contributed by atoms with van der Waals surface area (Å²) in [5.74, 6) is 0.708. The zero-order valence-electron chi connectivity index (χ0n) is 12.3. The van der Waals surface area contributed by atoms with Crippen LogP contribution in [0.3, 0.4) is 0 Å². The summed E-state index contributed by atoms with van der Waals surface area (Å²) in [5, 5.41) is 0. The molecular weight excluding hydrogens is 272 g/mol. The molecule has 2 N–H and O–H groups in total. The number of amides is 1. The van der Waals surface area contributed by atoms with E-state index in [0.29, 0.717) is 6.54 Å². The first-order valence-corrected chi connectivity index (χ1v) is 7.26. The van der Waals surface area contributed by atoms with Gasteiger partial charge in [-0.25, -0.2) is 0 Å². The molecule has 4 heteroatoms. The fourth-order valence-corrected chi connectivity index (χ4v) is 2.96. The molecule has 3 nitrogen and oxygen atoms in total. The van der Waals surface area contributed by atoms with Crippen LogP contribution < -0.4 is 5.73 Å². The van der Waals surface area contributed by atoms with E-state index >= 15 is 0 Å². The van der Waals surface area contributed by atoms with Gasteiger partial charge in [0, 0.05) is 31.0 Å². The first kappa shape index (κ1) is 17.0. The fraction of sp³-hybridized carbons (Fsp3) is 0.562. The van der Waals surface area contributed by atoms with Crippen molar-refractivity contribution in [3.05, 3.63) is 35.9 Å². The molecule has 20 heavy (non-hydrogen) atoms. The number of halogens is 1. The standard InChI is InChI=1S/C16H24N2O.ClH/c1-3-12(4-2)16(19)18-10-14(15(17)11-18)13-8-6-5-7-9-13;/h5-9,12,14-15H,3-4,10-11,17H2,1-2H3;1H/t14-,15+;/m0./s1. The van der Waals surface area contributed by atoms with Crippen LogP contribution in [0.1, 0.15) is 38.2 Å². The van der Waals surface area contributed by atoms with Gasteiger partial charge in [-0.15, -0.1) is 12.4 Å². The molecule has 1 heterocycles. The number of hydrogen-bond acceptors (Lipinski definition) is 2. The van der Waals surface area contributed by atoms with Crippen molar-refractivity contribution < 1.29 is 4.79 Å². The first-order valence-electron chi connectivity index (χ1n) is 7.26. The van der Waals surface area contributed by atoms with Crippen molar-refractivity contribution in [3.63, 3.8) is 0 Å². The lowest BCUT2D eigenvalue weighted by molar-refractivity contribution is -0.134. The summed E-state index contributed by atoms with van der Waals surface area (Å²) in [5.41, 5.74) is 7.47. The molecule has 0 radical (unpaired) electrons. The molecule has 112 valence electrons. The smallest absolute Gasteiger partial charge is 0.225 e. The SMILES string of the molecule is CCC(CC)C(=O)N1C[C@@H](N)[C@H](c2ccccc2)C1.Cl. The zero-order chi connectivity index (χ0) is 13.8. The zero-order valence-corrected chi connectivity index (χ0v) is 13.1. The minimum Gasteiger partial charge on any atom is -0.340 e. The van der Waals surface area contributed by atoms with Crippen molar-refractivity contribution in [2.75, 3.05) is 13.1 Å². The van der Waals surface area contributed by atoms with E-state index in [1.807, 2.05) is 23.1 Å². The van der Waals surface area contributed by atoms with Gasteiger partial charge >= 0.3 is 0 Å². The van der Waals surface area contributed by atoms with E-state index in [4.69, 9.17) is 5.73 Å². The van der Waals surface area contributed by atoms with Gasteiger partial charge in [-0.3, -0.25) is 4.79 Å². The second kappa shape index (κ2) is 7.65. The van der Waals surface area contributed by atoms with Crippen LogP contribution in [0, 0.1) is 5.92 Å². The Morgan fingerprint density at radius 2 is 1.85 bits per heavy atom. The van der Waals surface area contributed by atoms with Gasteiger partial charge in [0.25, 0.3) is 0 Å². The average molecular weight is 297 g/mol. The predicted molar refractivity (Wildman–Crippen MR) is 85.1 cm³/mol. The summed E-state index contributed by atoms with van der Waals surface area (Å²) in [6.45, 7) is 5.61. The minimum absolute atomic E-state index is 0. The molecule has 0 saturated carbocycles. The van der Waals surface area contributed by atoms with Crippen LogP contribution >= 0.6 is 12.4 Å². The van der Waals surface area contributed by atoms with E-state index in [1.165, 1.54) is 5.56 Å². The summed E-state index contributed by atoms with van der Waals surface area (Å²) < 4.78 is 0. The first-order chi connectivity index (χ1) is 9.17. The number of carbonyl (C=O) groups excluding carboxylic acids is 1. The quantitative estimate of drug-likeness (QED) is 0.929. The highest BCUT2D eigenvalue weighted by Crippen LogP contribution is 2.28. The van der Waals surface area contributed by atoms with Crippen LogP contribution in [0.5, 0.6) is 0 Å². The second-order valence-electron chi connectivity index (χ2n) is 5.44. The Hall–Kier alpha value is -1.06. The molecule has 1 aliphatic rings. The average Bonchev–Trinajstić information content (AvgIpc) is 2.83. The predicted octanol–water partition coefficient (Wildman–Crippen LogP) is 2.80. The maximum atomic E-state index is 12.4. The molecule has 0 aliphatic carbocycles. The lowest BCUT2D eigenvalue weighted by atomic mass is 9.95. The Bertz CT molecular complexity index is 420. The van der Waals surface area contributed by atoms with E-state index in [9.17, 15) is 4.79 Å². The molecule has 0 aromatic heterocycles. The van der Waals surface area contributed by atoms with Gasteiger partial charge in [0.2, 0.25) is 5.91 Å².